The third-order valence-electron chi connectivity index (χ3n) is 2.82. The van der Waals surface area contributed by atoms with Gasteiger partial charge in [0.15, 0.2) is 5.78 Å². The van der Waals surface area contributed by atoms with E-state index in [9.17, 15) is 4.79 Å². The van der Waals surface area contributed by atoms with Crippen molar-refractivity contribution in [2.45, 2.75) is 9.65 Å². The zero-order chi connectivity index (χ0) is 14.7. The predicted octanol–water partition coefficient (Wildman–Crippen LogP) is 6.08. The van der Waals surface area contributed by atoms with Gasteiger partial charge in [0.05, 0.1) is 9.65 Å². The first-order chi connectivity index (χ1) is 9.49. The van der Waals surface area contributed by atoms with E-state index in [2.05, 4.69) is 31.9 Å². The lowest BCUT2D eigenvalue weighted by atomic mass is 10.0. The molecule has 1 nitrogen and oxygen atoms in total. The Morgan fingerprint density at radius 1 is 0.850 bits per heavy atom. The molecule has 0 aliphatic rings. The van der Waals surface area contributed by atoms with Gasteiger partial charge in [0.2, 0.25) is 0 Å². The molecule has 2 aromatic rings. The van der Waals surface area contributed by atoms with Gasteiger partial charge in [-0.3, -0.25) is 4.79 Å². The Hall–Kier alpha value is -0.350. The molecule has 0 saturated carbocycles. The standard InChI is InChI=1S/C15H10Br2Cl2O/c16-13(9-1-5-11(18)6-2-9)14(17)15(20)10-3-7-12(19)8-4-10/h1-8,13-14H/t13-,14-/m0/s1. The van der Waals surface area contributed by atoms with Crippen molar-refractivity contribution in [3.8, 4) is 0 Å². The SMILES string of the molecule is O=C(c1ccc(Cl)cc1)[C@@H](Br)[C@@H](Br)c1ccc(Cl)cc1. The smallest absolute Gasteiger partial charge is 0.177 e. The summed E-state index contributed by atoms with van der Waals surface area (Å²) in [6.07, 6.45) is 0. The molecule has 0 aliphatic heterocycles. The maximum atomic E-state index is 12.4. The quantitative estimate of drug-likeness (QED) is 0.419. The number of hydrogen-bond acceptors (Lipinski definition) is 1. The average Bonchev–Trinajstić information content (AvgIpc) is 2.46. The van der Waals surface area contributed by atoms with Gasteiger partial charge in [-0.15, -0.1) is 0 Å². The molecule has 2 aromatic carbocycles. The van der Waals surface area contributed by atoms with Gasteiger partial charge in [0.1, 0.15) is 0 Å². The van der Waals surface area contributed by atoms with Crippen LogP contribution in [0.15, 0.2) is 48.5 Å². The minimum absolute atomic E-state index is 0.00140. The molecule has 0 radical (unpaired) electrons. The molecule has 20 heavy (non-hydrogen) atoms. The highest BCUT2D eigenvalue weighted by atomic mass is 79.9. The van der Waals surface area contributed by atoms with Crippen LogP contribution in [0.5, 0.6) is 0 Å². The third-order valence-corrected chi connectivity index (χ3v) is 6.04. The van der Waals surface area contributed by atoms with Crippen molar-refractivity contribution in [2.75, 3.05) is 0 Å². The van der Waals surface area contributed by atoms with Crippen LogP contribution in [-0.2, 0) is 0 Å². The average molecular weight is 437 g/mol. The minimum atomic E-state index is -0.371. The lowest BCUT2D eigenvalue weighted by molar-refractivity contribution is 0.0991. The highest BCUT2D eigenvalue weighted by Crippen LogP contribution is 2.33. The number of benzene rings is 2. The summed E-state index contributed by atoms with van der Waals surface area (Å²) < 4.78 is 0. The van der Waals surface area contributed by atoms with Crippen LogP contribution in [0.25, 0.3) is 0 Å². The molecule has 2 atom stereocenters. The van der Waals surface area contributed by atoms with Crippen molar-refractivity contribution in [1.82, 2.24) is 0 Å². The molecule has 0 N–H and O–H groups in total. The van der Waals surface area contributed by atoms with Crippen molar-refractivity contribution in [3.05, 3.63) is 69.7 Å². The van der Waals surface area contributed by atoms with Crippen molar-refractivity contribution >= 4 is 60.8 Å². The molecular formula is C15H10Br2Cl2O. The van der Waals surface area contributed by atoms with Crippen molar-refractivity contribution < 1.29 is 4.79 Å². The molecule has 104 valence electrons. The summed E-state index contributed by atoms with van der Waals surface area (Å²) in [7, 11) is 0. The van der Waals surface area contributed by atoms with E-state index in [0.29, 0.717) is 15.6 Å². The first kappa shape index (κ1) is 16.0. The van der Waals surface area contributed by atoms with Crippen LogP contribution < -0.4 is 0 Å². The Kier molecular flexibility index (Phi) is 5.67. The number of ketones is 1. The van der Waals surface area contributed by atoms with E-state index in [-0.39, 0.29) is 15.4 Å². The summed E-state index contributed by atoms with van der Waals surface area (Å²) in [5.74, 6) is -0.00140. The van der Waals surface area contributed by atoms with Crippen LogP contribution in [0.3, 0.4) is 0 Å². The van der Waals surface area contributed by atoms with Crippen molar-refractivity contribution in [3.63, 3.8) is 0 Å². The molecule has 0 aromatic heterocycles. The summed E-state index contributed by atoms with van der Waals surface area (Å²) in [4.78, 5) is 11.9. The molecular weight excluding hydrogens is 427 g/mol. The molecule has 5 heteroatoms. The van der Waals surface area contributed by atoms with Crippen LogP contribution in [0.2, 0.25) is 10.0 Å². The number of carbonyl (C=O) groups is 1. The number of rotatable bonds is 4. The summed E-state index contributed by atoms with van der Waals surface area (Å²) in [6.45, 7) is 0. The van der Waals surface area contributed by atoms with Crippen LogP contribution in [0.4, 0.5) is 0 Å². The molecule has 0 saturated heterocycles. The van der Waals surface area contributed by atoms with Crippen molar-refractivity contribution in [2.24, 2.45) is 0 Å². The number of halogens is 4. The van der Waals surface area contributed by atoms with E-state index in [0.717, 1.165) is 5.56 Å². The fourth-order valence-corrected chi connectivity index (χ4v) is 3.09. The van der Waals surface area contributed by atoms with Crippen LogP contribution in [0, 0.1) is 0 Å². The third kappa shape index (κ3) is 3.85. The Labute approximate surface area is 144 Å². The summed E-state index contributed by atoms with van der Waals surface area (Å²) >= 11 is 18.7. The molecule has 0 amide bonds. The van der Waals surface area contributed by atoms with E-state index in [1.54, 1.807) is 36.4 Å². The van der Waals surface area contributed by atoms with Crippen molar-refractivity contribution in [1.29, 1.82) is 0 Å². The van der Waals surface area contributed by atoms with Gasteiger partial charge < -0.3 is 0 Å². The van der Waals surface area contributed by atoms with Gasteiger partial charge >= 0.3 is 0 Å². The van der Waals surface area contributed by atoms with Gasteiger partial charge in [-0.1, -0.05) is 67.2 Å². The number of alkyl halides is 2. The zero-order valence-corrected chi connectivity index (χ0v) is 14.9. The van der Waals surface area contributed by atoms with Gasteiger partial charge in [-0.2, -0.15) is 0 Å². The van der Waals surface area contributed by atoms with Crippen LogP contribution in [0.1, 0.15) is 20.7 Å². The molecule has 0 bridgehead atoms. The normalized spacial score (nSPS) is 13.8. The van der Waals surface area contributed by atoms with Gasteiger partial charge in [-0.05, 0) is 42.0 Å². The summed E-state index contributed by atoms with van der Waals surface area (Å²) in [5.41, 5.74) is 1.60. The maximum Gasteiger partial charge on any atom is 0.177 e. The molecule has 0 fully saturated rings. The Balaban J connectivity index is 2.17. The number of hydrogen-bond donors (Lipinski definition) is 0. The fourth-order valence-electron chi connectivity index (χ4n) is 1.72. The zero-order valence-electron chi connectivity index (χ0n) is 10.2. The second-order valence-corrected chi connectivity index (χ2v) is 7.07. The maximum absolute atomic E-state index is 12.4. The molecule has 0 unspecified atom stereocenters. The van der Waals surface area contributed by atoms with Crippen LogP contribution >= 0.6 is 55.1 Å². The van der Waals surface area contributed by atoms with E-state index < -0.39 is 0 Å². The van der Waals surface area contributed by atoms with Gasteiger partial charge in [0, 0.05) is 15.6 Å². The first-order valence-electron chi connectivity index (χ1n) is 5.82. The lowest BCUT2D eigenvalue weighted by Gasteiger charge is -2.16. The van der Waals surface area contributed by atoms with Gasteiger partial charge in [0.25, 0.3) is 0 Å². The Morgan fingerprint density at radius 3 is 1.80 bits per heavy atom. The van der Waals surface area contributed by atoms with E-state index in [1.807, 2.05) is 12.1 Å². The van der Waals surface area contributed by atoms with Gasteiger partial charge in [-0.25, -0.2) is 0 Å². The second-order valence-electron chi connectivity index (χ2n) is 4.23. The lowest BCUT2D eigenvalue weighted by Crippen LogP contribution is -2.19. The molecule has 0 aliphatic carbocycles. The monoisotopic (exact) mass is 434 g/mol. The fraction of sp³-hybridized carbons (Fsp3) is 0.133. The van der Waals surface area contributed by atoms with E-state index in [1.165, 1.54) is 0 Å². The molecule has 2 rings (SSSR count). The van der Waals surface area contributed by atoms with E-state index >= 15 is 0 Å². The minimum Gasteiger partial charge on any atom is -0.293 e. The summed E-state index contributed by atoms with van der Waals surface area (Å²) in [6, 6.07) is 14.3. The number of carbonyl (C=O) groups excluding carboxylic acids is 1. The highest BCUT2D eigenvalue weighted by molar-refractivity contribution is 9.12. The summed E-state index contributed by atoms with van der Waals surface area (Å²) in [5, 5.41) is 1.28. The highest BCUT2D eigenvalue weighted by Gasteiger charge is 2.25. The first-order valence-corrected chi connectivity index (χ1v) is 8.41. The largest absolute Gasteiger partial charge is 0.293 e. The second kappa shape index (κ2) is 7.08. The van der Waals surface area contributed by atoms with E-state index in [4.69, 9.17) is 23.2 Å². The molecule has 0 spiro atoms. The predicted molar refractivity (Wildman–Crippen MR) is 91.6 cm³/mol. The topological polar surface area (TPSA) is 17.1 Å². The van der Waals surface area contributed by atoms with Crippen LogP contribution in [-0.4, -0.2) is 10.6 Å². The molecule has 0 heterocycles. The Bertz CT molecular complexity index is 596. The number of Topliss-reactive ketones (excluding diaryl/α,β-unsaturated/α-hetero) is 1. The Morgan fingerprint density at radius 2 is 1.30 bits per heavy atom.